The van der Waals surface area contributed by atoms with E-state index < -0.39 is 0 Å². The van der Waals surface area contributed by atoms with Gasteiger partial charge in [-0.25, -0.2) is 0 Å². The molecule has 0 saturated carbocycles. The number of likely N-dealkylation sites (tertiary alicyclic amines) is 1. The van der Waals surface area contributed by atoms with E-state index in [1.54, 1.807) is 0 Å². The fourth-order valence-electron chi connectivity index (χ4n) is 3.50. The third-order valence-electron chi connectivity index (χ3n) is 4.68. The summed E-state index contributed by atoms with van der Waals surface area (Å²) in [6, 6.07) is 9.04. The largest absolute Gasteiger partial charge is 0.340 e. The minimum absolute atomic E-state index is 0. The number of benzene rings is 1. The van der Waals surface area contributed by atoms with E-state index in [9.17, 15) is 4.79 Å². The molecular weight excluding hydrogens is 378 g/mol. The first-order valence-electron chi connectivity index (χ1n) is 8.22. The molecule has 128 valence electrons. The summed E-state index contributed by atoms with van der Waals surface area (Å²) in [6.45, 7) is 5.54. The molecule has 2 aliphatic rings. The Balaban J connectivity index is 0.00000192. The number of piperazine rings is 1. The zero-order valence-electron chi connectivity index (χ0n) is 13.3. The van der Waals surface area contributed by atoms with Crippen molar-refractivity contribution in [1.29, 1.82) is 0 Å². The normalized spacial score (nSPS) is 22.0. The van der Waals surface area contributed by atoms with Gasteiger partial charge in [-0.3, -0.25) is 9.69 Å². The van der Waals surface area contributed by atoms with E-state index in [0.29, 0.717) is 18.4 Å². The van der Waals surface area contributed by atoms with Gasteiger partial charge in [-0.1, -0.05) is 28.1 Å². The minimum atomic E-state index is 0. The predicted octanol–water partition coefficient (Wildman–Crippen LogP) is 2.83. The lowest BCUT2D eigenvalue weighted by Crippen LogP contribution is -2.47. The van der Waals surface area contributed by atoms with Crippen LogP contribution in [0.4, 0.5) is 0 Å². The van der Waals surface area contributed by atoms with Crippen LogP contribution in [0.2, 0.25) is 0 Å². The van der Waals surface area contributed by atoms with Gasteiger partial charge in [0.15, 0.2) is 0 Å². The molecule has 4 nitrogen and oxygen atoms in total. The Kier molecular flexibility index (Phi) is 7.34. The van der Waals surface area contributed by atoms with E-state index in [1.807, 2.05) is 4.90 Å². The van der Waals surface area contributed by atoms with E-state index in [-0.39, 0.29) is 12.4 Å². The lowest BCUT2D eigenvalue weighted by Gasteiger charge is -2.29. The van der Waals surface area contributed by atoms with Gasteiger partial charge in [0.1, 0.15) is 0 Å². The van der Waals surface area contributed by atoms with Crippen LogP contribution < -0.4 is 5.32 Å². The van der Waals surface area contributed by atoms with Gasteiger partial charge >= 0.3 is 0 Å². The van der Waals surface area contributed by atoms with Gasteiger partial charge in [0.05, 0.1) is 0 Å². The van der Waals surface area contributed by atoms with Gasteiger partial charge in [-0.2, -0.15) is 0 Å². The van der Waals surface area contributed by atoms with E-state index in [4.69, 9.17) is 0 Å². The van der Waals surface area contributed by atoms with Crippen molar-refractivity contribution in [1.82, 2.24) is 15.1 Å². The molecule has 2 fully saturated rings. The Hall–Kier alpha value is -0.620. The van der Waals surface area contributed by atoms with Gasteiger partial charge < -0.3 is 10.2 Å². The second-order valence-corrected chi connectivity index (χ2v) is 7.05. The van der Waals surface area contributed by atoms with Crippen molar-refractivity contribution in [3.63, 3.8) is 0 Å². The van der Waals surface area contributed by atoms with Crippen molar-refractivity contribution in [3.8, 4) is 0 Å². The lowest BCUT2D eigenvalue weighted by molar-refractivity contribution is -0.132. The summed E-state index contributed by atoms with van der Waals surface area (Å²) in [4.78, 5) is 16.8. The molecule has 3 rings (SSSR count). The van der Waals surface area contributed by atoms with Crippen molar-refractivity contribution < 1.29 is 4.79 Å². The molecule has 1 atom stereocenters. The van der Waals surface area contributed by atoms with Crippen LogP contribution in [0, 0.1) is 0 Å². The summed E-state index contributed by atoms with van der Waals surface area (Å²) in [5, 5.41) is 3.29. The van der Waals surface area contributed by atoms with Gasteiger partial charge in [-0.15, -0.1) is 12.4 Å². The molecule has 0 bridgehead atoms. The first-order chi connectivity index (χ1) is 10.7. The topological polar surface area (TPSA) is 35.6 Å². The Bertz CT molecular complexity index is 522. The average Bonchev–Trinajstić information content (AvgIpc) is 3.02. The molecule has 6 heteroatoms. The van der Waals surface area contributed by atoms with Gasteiger partial charge in [-0.05, 0) is 37.1 Å². The molecule has 0 aliphatic carbocycles. The third kappa shape index (κ3) is 4.92. The van der Waals surface area contributed by atoms with Crippen LogP contribution in [0.5, 0.6) is 0 Å². The number of carbonyl (C=O) groups is 1. The summed E-state index contributed by atoms with van der Waals surface area (Å²) in [6.07, 6.45) is 3.06. The van der Waals surface area contributed by atoms with Crippen molar-refractivity contribution >= 4 is 34.2 Å². The standard InChI is InChI=1S/C17H24BrN3O.ClH/c18-15-4-1-3-14(13-15)16-5-2-9-20(16)10-6-17(22)21-11-7-19-8-12-21;/h1,3-4,13,16,19H,2,5-12H2;1H. The van der Waals surface area contributed by atoms with E-state index in [1.165, 1.54) is 18.4 Å². The molecule has 1 amide bonds. The number of hydrogen-bond acceptors (Lipinski definition) is 3. The van der Waals surface area contributed by atoms with Crippen LogP contribution in [0.1, 0.15) is 30.9 Å². The number of halogens is 2. The second kappa shape index (κ2) is 9.02. The van der Waals surface area contributed by atoms with Crippen LogP contribution in [-0.4, -0.2) is 55.0 Å². The van der Waals surface area contributed by atoms with Crippen molar-refractivity contribution in [2.75, 3.05) is 39.3 Å². The molecule has 23 heavy (non-hydrogen) atoms. The summed E-state index contributed by atoms with van der Waals surface area (Å²) < 4.78 is 1.13. The molecule has 1 unspecified atom stereocenters. The van der Waals surface area contributed by atoms with Gasteiger partial charge in [0.25, 0.3) is 0 Å². The number of nitrogens with zero attached hydrogens (tertiary/aromatic N) is 2. The Morgan fingerprint density at radius 3 is 2.78 bits per heavy atom. The maximum atomic E-state index is 12.3. The Morgan fingerprint density at radius 2 is 2.04 bits per heavy atom. The molecule has 2 heterocycles. The fourth-order valence-corrected chi connectivity index (χ4v) is 3.91. The van der Waals surface area contributed by atoms with Crippen LogP contribution >= 0.6 is 28.3 Å². The van der Waals surface area contributed by atoms with Crippen LogP contribution in [0.25, 0.3) is 0 Å². The number of rotatable bonds is 4. The monoisotopic (exact) mass is 401 g/mol. The van der Waals surface area contributed by atoms with Crippen molar-refractivity contribution in [2.45, 2.75) is 25.3 Å². The highest BCUT2D eigenvalue weighted by molar-refractivity contribution is 9.10. The molecule has 0 aromatic heterocycles. The zero-order chi connectivity index (χ0) is 15.4. The summed E-state index contributed by atoms with van der Waals surface area (Å²) in [7, 11) is 0. The molecule has 1 aromatic rings. The summed E-state index contributed by atoms with van der Waals surface area (Å²) in [5.41, 5.74) is 1.36. The van der Waals surface area contributed by atoms with Crippen molar-refractivity contribution in [3.05, 3.63) is 34.3 Å². The first kappa shape index (κ1) is 18.7. The number of nitrogens with one attached hydrogen (secondary N) is 1. The zero-order valence-corrected chi connectivity index (χ0v) is 15.7. The average molecular weight is 403 g/mol. The van der Waals surface area contributed by atoms with E-state index >= 15 is 0 Å². The van der Waals surface area contributed by atoms with Crippen molar-refractivity contribution in [2.24, 2.45) is 0 Å². The molecule has 1 N–H and O–H groups in total. The molecule has 0 spiro atoms. The third-order valence-corrected chi connectivity index (χ3v) is 5.17. The smallest absolute Gasteiger partial charge is 0.223 e. The highest BCUT2D eigenvalue weighted by Crippen LogP contribution is 2.33. The van der Waals surface area contributed by atoms with E-state index in [2.05, 4.69) is 50.4 Å². The fraction of sp³-hybridized carbons (Fsp3) is 0.588. The first-order valence-corrected chi connectivity index (χ1v) is 9.01. The van der Waals surface area contributed by atoms with Crippen LogP contribution in [0.15, 0.2) is 28.7 Å². The second-order valence-electron chi connectivity index (χ2n) is 6.13. The highest BCUT2D eigenvalue weighted by Gasteiger charge is 2.27. The predicted molar refractivity (Wildman–Crippen MR) is 99.0 cm³/mol. The molecule has 2 aliphatic heterocycles. The summed E-state index contributed by atoms with van der Waals surface area (Å²) >= 11 is 3.56. The number of carbonyl (C=O) groups excluding carboxylic acids is 1. The SMILES string of the molecule is Cl.O=C(CCN1CCCC1c1cccc(Br)c1)N1CCNCC1. The quantitative estimate of drug-likeness (QED) is 0.841. The Labute approximate surface area is 153 Å². The number of hydrogen-bond donors (Lipinski definition) is 1. The highest BCUT2D eigenvalue weighted by atomic mass is 79.9. The maximum absolute atomic E-state index is 12.3. The van der Waals surface area contributed by atoms with Crippen LogP contribution in [0.3, 0.4) is 0 Å². The Morgan fingerprint density at radius 1 is 1.26 bits per heavy atom. The molecule has 1 aromatic carbocycles. The molecule has 2 saturated heterocycles. The maximum Gasteiger partial charge on any atom is 0.223 e. The molecule has 0 radical (unpaired) electrons. The summed E-state index contributed by atoms with van der Waals surface area (Å²) in [5.74, 6) is 0.307. The van der Waals surface area contributed by atoms with E-state index in [0.717, 1.165) is 43.7 Å². The minimum Gasteiger partial charge on any atom is -0.340 e. The lowest BCUT2D eigenvalue weighted by atomic mass is 10.0. The van der Waals surface area contributed by atoms with Gasteiger partial charge in [0.2, 0.25) is 5.91 Å². The van der Waals surface area contributed by atoms with Crippen LogP contribution in [-0.2, 0) is 4.79 Å². The number of amides is 1. The molecular formula is C17H25BrClN3O. The van der Waals surface area contributed by atoms with Gasteiger partial charge in [0, 0.05) is 49.7 Å².